The van der Waals surface area contributed by atoms with Crippen LogP contribution >= 0.6 is 0 Å². The molecular weight excluding hydrogens is 464 g/mol. The van der Waals surface area contributed by atoms with Crippen LogP contribution in [0, 0.1) is 13.8 Å². The van der Waals surface area contributed by atoms with Gasteiger partial charge in [0.2, 0.25) is 0 Å². The summed E-state index contributed by atoms with van der Waals surface area (Å²) >= 11 is 0. The highest BCUT2D eigenvalue weighted by atomic mass is 15.0. The first-order valence-electron chi connectivity index (χ1n) is 12.7. The molecule has 0 spiro atoms. The van der Waals surface area contributed by atoms with Crippen molar-refractivity contribution in [2.45, 2.75) is 13.8 Å². The van der Waals surface area contributed by atoms with Crippen LogP contribution in [0.15, 0.2) is 121 Å². The molecule has 6 rings (SSSR count). The van der Waals surface area contributed by atoms with E-state index in [4.69, 9.17) is 19.9 Å². The van der Waals surface area contributed by atoms with Gasteiger partial charge in [0, 0.05) is 33.4 Å². The summed E-state index contributed by atoms with van der Waals surface area (Å²) in [7, 11) is 0. The van der Waals surface area contributed by atoms with Crippen LogP contribution in [0.5, 0.6) is 0 Å². The van der Waals surface area contributed by atoms with Gasteiger partial charge in [-0.3, -0.25) is 0 Å². The zero-order valence-electron chi connectivity index (χ0n) is 21.3. The first-order valence-corrected chi connectivity index (χ1v) is 12.7. The highest BCUT2D eigenvalue weighted by molar-refractivity contribution is 5.78. The Morgan fingerprint density at radius 3 is 0.737 bits per heavy atom. The maximum atomic E-state index is 5.06. The van der Waals surface area contributed by atoms with Crippen LogP contribution in [-0.4, -0.2) is 19.9 Å². The van der Waals surface area contributed by atoms with E-state index < -0.39 is 0 Å². The zero-order valence-corrected chi connectivity index (χ0v) is 21.3. The van der Waals surface area contributed by atoms with Gasteiger partial charge in [0.25, 0.3) is 0 Å². The quantitative estimate of drug-likeness (QED) is 0.244. The molecule has 4 heteroatoms. The van der Waals surface area contributed by atoms with Gasteiger partial charge in [-0.2, -0.15) is 0 Å². The predicted molar refractivity (Wildman–Crippen MR) is 154 cm³/mol. The largest absolute Gasteiger partial charge is 0.225 e. The molecule has 182 valence electrons. The van der Waals surface area contributed by atoms with Gasteiger partial charge in [-0.1, -0.05) is 121 Å². The lowest BCUT2D eigenvalue weighted by Gasteiger charge is -2.16. The van der Waals surface area contributed by atoms with E-state index in [1.54, 1.807) is 0 Å². The molecule has 0 saturated heterocycles. The molecule has 38 heavy (non-hydrogen) atoms. The van der Waals surface area contributed by atoms with Crippen LogP contribution in [0.3, 0.4) is 0 Å². The third kappa shape index (κ3) is 4.48. The van der Waals surface area contributed by atoms with E-state index in [0.717, 1.165) is 56.2 Å². The Morgan fingerprint density at radius 1 is 0.316 bits per heavy atom. The van der Waals surface area contributed by atoms with E-state index in [2.05, 4.69) is 62.4 Å². The van der Waals surface area contributed by atoms with Crippen molar-refractivity contribution >= 4 is 0 Å². The van der Waals surface area contributed by atoms with E-state index in [0.29, 0.717) is 11.6 Å². The summed E-state index contributed by atoms with van der Waals surface area (Å²) in [5.41, 5.74) is 9.67. The average Bonchev–Trinajstić information content (AvgIpc) is 2.99. The van der Waals surface area contributed by atoms with Gasteiger partial charge in [0.15, 0.2) is 11.6 Å². The highest BCUT2D eigenvalue weighted by Gasteiger charge is 2.20. The standard InChI is InChI=1S/C34H26N4/c1-23-29(25-15-7-3-8-16-25)35-33(36-30(23)26-17-9-4-10-18-26)34-37-31(27-19-11-5-12-20-27)24(2)32(38-34)28-21-13-6-14-22-28/h3-22H,1-2H3. The molecule has 0 N–H and O–H groups in total. The molecule has 4 aromatic carbocycles. The molecule has 0 aliphatic carbocycles. The van der Waals surface area contributed by atoms with Gasteiger partial charge >= 0.3 is 0 Å². The number of rotatable bonds is 5. The lowest BCUT2D eigenvalue weighted by atomic mass is 10.0. The van der Waals surface area contributed by atoms with Crippen LogP contribution in [0.1, 0.15) is 11.1 Å². The molecule has 4 nitrogen and oxygen atoms in total. The molecule has 0 atom stereocenters. The Bertz CT molecular complexity index is 1450. The summed E-state index contributed by atoms with van der Waals surface area (Å²) in [6.45, 7) is 4.16. The average molecular weight is 491 g/mol. The number of benzene rings is 4. The molecule has 0 amide bonds. The number of hydrogen-bond acceptors (Lipinski definition) is 4. The van der Waals surface area contributed by atoms with Gasteiger partial charge < -0.3 is 0 Å². The first-order chi connectivity index (χ1) is 18.7. The highest BCUT2D eigenvalue weighted by Crippen LogP contribution is 2.34. The fraction of sp³-hybridized carbons (Fsp3) is 0.0588. The lowest BCUT2D eigenvalue weighted by Crippen LogP contribution is -2.05. The summed E-state index contributed by atoms with van der Waals surface area (Å²) in [6.07, 6.45) is 0. The molecule has 0 saturated carbocycles. The Kier molecular flexibility index (Phi) is 6.29. The van der Waals surface area contributed by atoms with Crippen LogP contribution in [0.2, 0.25) is 0 Å². The van der Waals surface area contributed by atoms with E-state index in [9.17, 15) is 0 Å². The van der Waals surface area contributed by atoms with Crippen LogP contribution in [0.4, 0.5) is 0 Å². The molecule has 2 aromatic heterocycles. The SMILES string of the molecule is Cc1c(-c2ccccc2)nc(-c2nc(-c3ccccc3)c(C)c(-c3ccccc3)n2)nc1-c1ccccc1. The normalized spacial score (nSPS) is 10.9. The molecule has 0 radical (unpaired) electrons. The van der Waals surface area contributed by atoms with Crippen molar-refractivity contribution in [2.75, 3.05) is 0 Å². The van der Waals surface area contributed by atoms with Gasteiger partial charge in [-0.25, -0.2) is 19.9 Å². The van der Waals surface area contributed by atoms with Crippen LogP contribution < -0.4 is 0 Å². The van der Waals surface area contributed by atoms with Crippen LogP contribution in [-0.2, 0) is 0 Å². The fourth-order valence-corrected chi connectivity index (χ4v) is 4.74. The van der Waals surface area contributed by atoms with Crippen molar-refractivity contribution in [2.24, 2.45) is 0 Å². The summed E-state index contributed by atoms with van der Waals surface area (Å²) in [5.74, 6) is 1.00. The van der Waals surface area contributed by atoms with Gasteiger partial charge in [-0.15, -0.1) is 0 Å². The van der Waals surface area contributed by atoms with Crippen molar-refractivity contribution in [3.05, 3.63) is 132 Å². The second kappa shape index (κ2) is 10.2. The summed E-state index contributed by atoms with van der Waals surface area (Å²) < 4.78 is 0. The molecule has 0 bridgehead atoms. The minimum atomic E-state index is 0.502. The Hall–Kier alpha value is -4.96. The first kappa shape index (κ1) is 23.4. The molecular formula is C34H26N4. The Balaban J connectivity index is 1.64. The second-order valence-electron chi connectivity index (χ2n) is 9.20. The van der Waals surface area contributed by atoms with Crippen molar-refractivity contribution in [3.63, 3.8) is 0 Å². The molecule has 0 aliphatic rings. The van der Waals surface area contributed by atoms with Gasteiger partial charge in [0.05, 0.1) is 22.8 Å². The predicted octanol–water partition coefficient (Wildman–Crippen LogP) is 8.22. The smallest absolute Gasteiger partial charge is 0.198 e. The monoisotopic (exact) mass is 490 g/mol. The van der Waals surface area contributed by atoms with E-state index in [1.807, 2.05) is 72.8 Å². The maximum absolute atomic E-state index is 5.06. The van der Waals surface area contributed by atoms with Crippen molar-refractivity contribution in [1.29, 1.82) is 0 Å². The van der Waals surface area contributed by atoms with Crippen molar-refractivity contribution < 1.29 is 0 Å². The second-order valence-corrected chi connectivity index (χ2v) is 9.20. The Morgan fingerprint density at radius 2 is 0.526 bits per heavy atom. The molecule has 6 aromatic rings. The number of nitrogens with zero attached hydrogens (tertiary/aromatic N) is 4. The summed E-state index contributed by atoms with van der Waals surface area (Å²) in [5, 5.41) is 0. The van der Waals surface area contributed by atoms with E-state index in [-0.39, 0.29) is 0 Å². The third-order valence-electron chi connectivity index (χ3n) is 6.68. The molecule has 0 unspecified atom stereocenters. The van der Waals surface area contributed by atoms with Crippen molar-refractivity contribution in [3.8, 4) is 56.7 Å². The zero-order chi connectivity index (χ0) is 25.9. The number of hydrogen-bond donors (Lipinski definition) is 0. The van der Waals surface area contributed by atoms with E-state index in [1.165, 1.54) is 0 Å². The Labute approximate surface area is 222 Å². The lowest BCUT2D eigenvalue weighted by molar-refractivity contribution is 1.06. The van der Waals surface area contributed by atoms with Gasteiger partial charge in [0.1, 0.15) is 0 Å². The minimum absolute atomic E-state index is 0.502. The number of aromatic nitrogens is 4. The minimum Gasteiger partial charge on any atom is -0.225 e. The molecule has 0 aliphatic heterocycles. The van der Waals surface area contributed by atoms with Crippen LogP contribution in [0.25, 0.3) is 56.7 Å². The van der Waals surface area contributed by atoms with Gasteiger partial charge in [-0.05, 0) is 13.8 Å². The summed E-state index contributed by atoms with van der Waals surface area (Å²) in [6, 6.07) is 40.9. The maximum Gasteiger partial charge on any atom is 0.198 e. The molecule has 2 heterocycles. The molecule has 0 fully saturated rings. The summed E-state index contributed by atoms with van der Waals surface area (Å²) in [4.78, 5) is 20.2. The third-order valence-corrected chi connectivity index (χ3v) is 6.68. The van der Waals surface area contributed by atoms with E-state index >= 15 is 0 Å². The topological polar surface area (TPSA) is 51.6 Å². The van der Waals surface area contributed by atoms with Crippen molar-refractivity contribution in [1.82, 2.24) is 19.9 Å². The fourth-order valence-electron chi connectivity index (χ4n) is 4.74.